The van der Waals surface area contributed by atoms with Crippen LogP contribution in [0, 0.1) is 0 Å². The van der Waals surface area contributed by atoms with Crippen LogP contribution in [0.2, 0.25) is 0 Å². The van der Waals surface area contributed by atoms with Gasteiger partial charge in [-0.2, -0.15) is 16.8 Å². The minimum atomic E-state index is -5.30. The number of hydrogen-bond acceptors (Lipinski definition) is 10. The molecule has 0 bridgehead atoms. The van der Waals surface area contributed by atoms with E-state index in [0.29, 0.717) is 0 Å². The molecule has 2 atom stereocenters. The van der Waals surface area contributed by atoms with Gasteiger partial charge in [0.1, 0.15) is 0 Å². The first-order chi connectivity index (χ1) is 7.83. The van der Waals surface area contributed by atoms with Gasteiger partial charge in [-0.05, 0) is 0 Å². The van der Waals surface area contributed by atoms with Crippen LogP contribution in [0.4, 0.5) is 0 Å². The molecule has 0 aromatic rings. The molecule has 4 N–H and O–H groups in total. The number of rotatable bonds is 5. The Morgan fingerprint density at radius 2 is 0.917 bits per heavy atom. The Kier molecular flexibility index (Phi) is 41.6. The molecule has 0 fully saturated rings. The van der Waals surface area contributed by atoms with E-state index in [0.717, 1.165) is 0 Å². The van der Waals surface area contributed by atoms with Crippen molar-refractivity contribution >= 4 is 32.7 Å². The van der Waals surface area contributed by atoms with Gasteiger partial charge >= 0.3 is 195 Å². The predicted octanol–water partition coefficient (Wildman–Crippen LogP) is -15.1. The maximum Gasteiger partial charge on any atom is 1.00 e. The molecule has 20 heteroatoms. The van der Waals surface area contributed by atoms with Crippen molar-refractivity contribution in [2.45, 2.75) is 12.2 Å². The topological polar surface area (TPSA) is 202 Å². The van der Waals surface area contributed by atoms with Crippen molar-refractivity contribution < 1.29 is 256 Å². The molecule has 0 amide bonds. The van der Waals surface area contributed by atoms with E-state index in [1.807, 2.05) is 0 Å². The van der Waals surface area contributed by atoms with E-state index >= 15 is 0 Å². The summed E-state index contributed by atoms with van der Waals surface area (Å²) >= 11 is 0. The normalized spacial score (nSPS) is 11.7. The van der Waals surface area contributed by atoms with Crippen LogP contribution in [0.3, 0.4) is 0 Å². The zero-order chi connectivity index (χ0) is 14.7. The number of carbonyl (C=O) groups is 2. The molecule has 0 aliphatic heterocycles. The summed E-state index contributed by atoms with van der Waals surface area (Å²) in [5.74, 6) is -4.37. The molecular formula is C4H10Cu2K2Na2O12S2. The summed E-state index contributed by atoms with van der Waals surface area (Å²) in [6.07, 6.45) is -5.75. The number of aliphatic hydroxyl groups excluding tert-OH is 2. The smallest absolute Gasteiger partial charge is 1.00 e. The van der Waals surface area contributed by atoms with E-state index in [1.165, 1.54) is 0 Å². The number of carbonyl (C=O) groups excluding carboxylic acids is 2. The average molecular weight is 566 g/mol. The molecule has 0 aromatic heterocycles. The monoisotopic (exact) mass is 564 g/mol. The first kappa shape index (κ1) is 47.0. The molecule has 136 valence electrons. The van der Waals surface area contributed by atoms with Crippen molar-refractivity contribution in [2.24, 2.45) is 0 Å². The van der Waals surface area contributed by atoms with E-state index in [4.69, 9.17) is 19.3 Å². The van der Waals surface area contributed by atoms with E-state index in [1.54, 1.807) is 0 Å². The van der Waals surface area contributed by atoms with Crippen molar-refractivity contribution in [3.05, 3.63) is 0 Å². The minimum Gasteiger partial charge on any atom is -1.00 e. The van der Waals surface area contributed by atoms with Gasteiger partial charge in [0.2, 0.25) is 0 Å². The molecule has 0 saturated heterocycles. The third-order valence-corrected chi connectivity index (χ3v) is 1.91. The van der Waals surface area contributed by atoms with Crippen LogP contribution >= 0.6 is 0 Å². The van der Waals surface area contributed by atoms with Crippen molar-refractivity contribution in [1.29, 1.82) is 0 Å². The zero-order valence-electron chi connectivity index (χ0n) is 16.6. The molecule has 0 aliphatic rings. The summed E-state index contributed by atoms with van der Waals surface area (Å²) in [5, 5.41) is 17.7. The van der Waals surface area contributed by atoms with Crippen LogP contribution in [-0.4, -0.2) is 60.3 Å². The van der Waals surface area contributed by atoms with E-state index in [2.05, 4.69) is 8.37 Å². The molecular weight excluding hydrogens is 555 g/mol. The largest absolute Gasteiger partial charge is 1.00 e. The van der Waals surface area contributed by atoms with Gasteiger partial charge in [0.05, 0.1) is 0 Å². The third-order valence-electron chi connectivity index (χ3n) is 1.16. The third kappa shape index (κ3) is 25.0. The number of aliphatic hydroxyl groups is 2. The fraction of sp³-hybridized carbons (Fsp3) is 0.500. The van der Waals surface area contributed by atoms with Gasteiger partial charge in [-0.25, -0.2) is 9.59 Å². The van der Waals surface area contributed by atoms with Crippen molar-refractivity contribution in [3.8, 4) is 0 Å². The molecule has 2 unspecified atom stereocenters. The molecule has 0 aromatic carbocycles. The van der Waals surface area contributed by atoms with Gasteiger partial charge in [0, 0.05) is 34.1 Å². The summed E-state index contributed by atoms with van der Waals surface area (Å²) in [7, 11) is -10.6. The molecule has 0 spiro atoms. The summed E-state index contributed by atoms with van der Waals surface area (Å²) in [6.45, 7) is 0. The molecule has 24 heavy (non-hydrogen) atoms. The Labute approximate surface area is 293 Å². The second kappa shape index (κ2) is 21.2. The standard InChI is InChI=1S/C4H6O12S2.2Cu.2K.2Na.4H/c5-1(3(7)15-17(9,10)11)2(6)4(8)16-18(12,13)14;;;;;;;;;;/h1-2,5-6H,(H,9,10,11)(H,12,13,14);;;;;;;;;;/q;;;4*+1;4*-1. The van der Waals surface area contributed by atoms with Crippen molar-refractivity contribution in [3.63, 3.8) is 0 Å². The second-order valence-corrected chi connectivity index (χ2v) is 4.59. The first-order valence-electron chi connectivity index (χ1n) is 3.61. The predicted molar refractivity (Wildman–Crippen MR) is 51.7 cm³/mol. The Bertz CT molecular complexity index is 522. The Morgan fingerprint density at radius 3 is 1.04 bits per heavy atom. The van der Waals surface area contributed by atoms with Crippen LogP contribution in [0.15, 0.2) is 0 Å². The maximum absolute atomic E-state index is 10.7. The van der Waals surface area contributed by atoms with Crippen LogP contribution in [-0.2, 0) is 72.9 Å². The fourth-order valence-electron chi connectivity index (χ4n) is 0.564. The van der Waals surface area contributed by atoms with Crippen molar-refractivity contribution in [2.75, 3.05) is 0 Å². The zero-order valence-corrected chi connectivity index (χ0v) is 26.4. The van der Waals surface area contributed by atoms with Crippen LogP contribution in [0.25, 0.3) is 0 Å². The van der Waals surface area contributed by atoms with Gasteiger partial charge in [0.15, 0.2) is 12.2 Å². The molecule has 0 rings (SSSR count). The number of hydrogen-bond donors (Lipinski definition) is 4. The molecule has 2 radical (unpaired) electrons. The minimum absolute atomic E-state index is 0. The van der Waals surface area contributed by atoms with Gasteiger partial charge in [0.25, 0.3) is 0 Å². The Morgan fingerprint density at radius 1 is 0.750 bits per heavy atom. The van der Waals surface area contributed by atoms with Crippen LogP contribution in [0.5, 0.6) is 0 Å². The van der Waals surface area contributed by atoms with Gasteiger partial charge in [-0.1, -0.05) is 0 Å². The van der Waals surface area contributed by atoms with Gasteiger partial charge in [-0.3, -0.25) is 9.11 Å². The molecule has 12 nitrogen and oxygen atoms in total. The van der Waals surface area contributed by atoms with E-state index in [9.17, 15) is 26.4 Å². The maximum atomic E-state index is 10.7. The molecule has 0 saturated carbocycles. The summed E-state index contributed by atoms with van der Waals surface area (Å²) < 4.78 is 62.5. The first-order valence-corrected chi connectivity index (χ1v) is 6.34. The summed E-state index contributed by atoms with van der Waals surface area (Å²) in [5.41, 5.74) is 0. The average Bonchev–Trinajstić information content (AvgIpc) is 2.09. The molecule has 0 aliphatic carbocycles. The summed E-state index contributed by atoms with van der Waals surface area (Å²) in [6, 6.07) is 0. The fourth-order valence-corrected chi connectivity index (χ4v) is 1.18. The summed E-state index contributed by atoms with van der Waals surface area (Å²) in [4.78, 5) is 21.4. The van der Waals surface area contributed by atoms with E-state index in [-0.39, 0.29) is 202 Å². The SMILES string of the molecule is O=C(OS(=O)(=O)O)C(O)C(O)C(=O)OS(=O)(=O)O.[Cu].[Cu].[H-].[H-].[H-].[H-].[K+].[K+].[Na+].[Na+]. The van der Waals surface area contributed by atoms with Gasteiger partial charge in [-0.15, -0.1) is 0 Å². The van der Waals surface area contributed by atoms with Gasteiger partial charge < -0.3 is 24.3 Å². The second-order valence-electron chi connectivity index (χ2n) is 2.55. The van der Waals surface area contributed by atoms with Crippen LogP contribution < -0.4 is 162 Å². The van der Waals surface area contributed by atoms with Crippen molar-refractivity contribution in [1.82, 2.24) is 0 Å². The molecule has 0 heterocycles. The Hall–Kier alpha value is 4.99. The quantitative estimate of drug-likeness (QED) is 0.181. The Balaban J connectivity index is -0.0000000321. The van der Waals surface area contributed by atoms with E-state index < -0.39 is 44.9 Å². The van der Waals surface area contributed by atoms with Crippen LogP contribution in [0.1, 0.15) is 5.71 Å².